The zero-order chi connectivity index (χ0) is 24.1. The third-order valence-electron chi connectivity index (χ3n) is 5.63. The SMILES string of the molecule is CCCc1c(SCc2ccc([C@H](O)c3cccc(-c4nnn[nH]4)c3)cc2)ccc(C(C)=O)c1O. The van der Waals surface area contributed by atoms with Crippen LogP contribution in [0.4, 0.5) is 0 Å². The van der Waals surface area contributed by atoms with E-state index in [4.69, 9.17) is 0 Å². The third kappa shape index (κ3) is 5.18. The number of rotatable bonds is 9. The smallest absolute Gasteiger partial charge is 0.179 e. The average Bonchev–Trinajstić information content (AvgIpc) is 3.39. The second kappa shape index (κ2) is 10.6. The van der Waals surface area contributed by atoms with Gasteiger partial charge in [-0.1, -0.05) is 55.8 Å². The Kier molecular flexibility index (Phi) is 7.40. The van der Waals surface area contributed by atoms with Gasteiger partial charge < -0.3 is 10.2 Å². The Bertz CT molecular complexity index is 1270. The molecule has 0 amide bonds. The summed E-state index contributed by atoms with van der Waals surface area (Å²) in [4.78, 5) is 12.8. The molecule has 0 spiro atoms. The van der Waals surface area contributed by atoms with Gasteiger partial charge in [-0.3, -0.25) is 4.79 Å². The number of aromatic amines is 1. The Labute approximate surface area is 202 Å². The highest BCUT2D eigenvalue weighted by molar-refractivity contribution is 7.98. The quantitative estimate of drug-likeness (QED) is 0.228. The highest BCUT2D eigenvalue weighted by atomic mass is 32.2. The summed E-state index contributed by atoms with van der Waals surface area (Å²) in [5, 5.41) is 35.3. The van der Waals surface area contributed by atoms with E-state index in [2.05, 4.69) is 27.5 Å². The number of thioether (sulfide) groups is 1. The first-order valence-corrected chi connectivity index (χ1v) is 12.1. The van der Waals surface area contributed by atoms with E-state index in [0.717, 1.165) is 39.1 Å². The summed E-state index contributed by atoms with van der Waals surface area (Å²) >= 11 is 1.63. The number of aromatic nitrogens is 4. The maximum Gasteiger partial charge on any atom is 0.179 e. The fourth-order valence-electron chi connectivity index (χ4n) is 3.82. The maximum atomic E-state index is 11.8. The second-order valence-electron chi connectivity index (χ2n) is 8.05. The number of hydrogen-bond donors (Lipinski definition) is 3. The van der Waals surface area contributed by atoms with Crippen LogP contribution in [-0.4, -0.2) is 36.6 Å². The molecule has 3 aromatic carbocycles. The number of phenolic OH excluding ortho intramolecular Hbond substituents is 1. The molecule has 1 aromatic heterocycles. The summed E-state index contributed by atoms with van der Waals surface area (Å²) in [6.45, 7) is 3.52. The number of nitrogens with zero attached hydrogens (tertiary/aromatic N) is 3. The molecule has 0 aliphatic heterocycles. The number of Topliss-reactive ketones (excluding diaryl/α,β-unsaturated/α-hetero) is 1. The van der Waals surface area contributed by atoms with Crippen LogP contribution in [0.2, 0.25) is 0 Å². The molecule has 4 aromatic rings. The predicted octanol–water partition coefficient (Wildman–Crippen LogP) is 5.10. The van der Waals surface area contributed by atoms with Crippen LogP contribution in [0.3, 0.4) is 0 Å². The van der Waals surface area contributed by atoms with E-state index >= 15 is 0 Å². The highest BCUT2D eigenvalue weighted by Gasteiger charge is 2.16. The van der Waals surface area contributed by atoms with Crippen molar-refractivity contribution in [3.05, 3.63) is 88.5 Å². The van der Waals surface area contributed by atoms with Gasteiger partial charge in [-0.2, -0.15) is 0 Å². The minimum atomic E-state index is -0.773. The van der Waals surface area contributed by atoms with Crippen LogP contribution in [0.25, 0.3) is 11.4 Å². The van der Waals surface area contributed by atoms with E-state index in [1.807, 2.05) is 54.6 Å². The van der Waals surface area contributed by atoms with Crippen molar-refractivity contribution in [2.75, 3.05) is 0 Å². The Morgan fingerprint density at radius 3 is 2.56 bits per heavy atom. The van der Waals surface area contributed by atoms with Crippen LogP contribution in [-0.2, 0) is 12.2 Å². The van der Waals surface area contributed by atoms with E-state index in [1.54, 1.807) is 17.8 Å². The van der Waals surface area contributed by atoms with Gasteiger partial charge in [-0.05, 0) is 58.7 Å². The van der Waals surface area contributed by atoms with Gasteiger partial charge in [0.1, 0.15) is 11.9 Å². The van der Waals surface area contributed by atoms with Crippen LogP contribution < -0.4 is 0 Å². The molecule has 174 valence electrons. The lowest BCUT2D eigenvalue weighted by Crippen LogP contribution is -2.00. The van der Waals surface area contributed by atoms with Crippen LogP contribution in [0.5, 0.6) is 5.75 Å². The summed E-state index contributed by atoms with van der Waals surface area (Å²) in [5.74, 6) is 1.22. The van der Waals surface area contributed by atoms with Crippen LogP contribution in [0.15, 0.2) is 65.6 Å². The van der Waals surface area contributed by atoms with Crippen molar-refractivity contribution < 1.29 is 15.0 Å². The molecule has 7 nitrogen and oxygen atoms in total. The number of phenols is 1. The first-order valence-electron chi connectivity index (χ1n) is 11.1. The number of benzene rings is 3. The number of H-pyrrole nitrogens is 1. The molecule has 8 heteroatoms. The Balaban J connectivity index is 1.47. The summed E-state index contributed by atoms with van der Waals surface area (Å²) < 4.78 is 0. The normalized spacial score (nSPS) is 12.0. The summed E-state index contributed by atoms with van der Waals surface area (Å²) in [7, 11) is 0. The Morgan fingerprint density at radius 1 is 1.09 bits per heavy atom. The van der Waals surface area contributed by atoms with E-state index < -0.39 is 6.10 Å². The molecule has 0 saturated carbocycles. The van der Waals surface area contributed by atoms with E-state index in [-0.39, 0.29) is 11.5 Å². The van der Waals surface area contributed by atoms with Gasteiger partial charge in [-0.15, -0.1) is 16.9 Å². The molecule has 0 unspecified atom stereocenters. The van der Waals surface area contributed by atoms with Crippen LogP contribution in [0, 0.1) is 0 Å². The Hall–Kier alpha value is -3.49. The fourth-order valence-corrected chi connectivity index (χ4v) is 4.87. The number of carbonyl (C=O) groups excluding carboxylic acids is 1. The van der Waals surface area contributed by atoms with Crippen LogP contribution >= 0.6 is 11.8 Å². The number of ketones is 1. The van der Waals surface area contributed by atoms with Crippen molar-refractivity contribution >= 4 is 17.5 Å². The second-order valence-corrected chi connectivity index (χ2v) is 9.07. The molecular weight excluding hydrogens is 448 g/mol. The van der Waals surface area contributed by atoms with Crippen molar-refractivity contribution in [2.45, 2.75) is 43.4 Å². The molecule has 1 heterocycles. The van der Waals surface area contributed by atoms with Crippen molar-refractivity contribution in [3.63, 3.8) is 0 Å². The van der Waals surface area contributed by atoms with Crippen LogP contribution in [0.1, 0.15) is 59.0 Å². The molecule has 0 radical (unpaired) electrons. The van der Waals surface area contributed by atoms with Gasteiger partial charge >= 0.3 is 0 Å². The van der Waals surface area contributed by atoms with Crippen molar-refractivity contribution in [1.82, 2.24) is 20.6 Å². The van der Waals surface area contributed by atoms with Gasteiger partial charge in [-0.25, -0.2) is 5.10 Å². The molecule has 4 rings (SSSR count). The van der Waals surface area contributed by atoms with Crippen molar-refractivity contribution in [1.29, 1.82) is 0 Å². The standard InChI is InChI=1S/C26H26N4O3S/c1-3-5-22-23(13-12-21(16(2)31)25(22)33)34-15-17-8-10-18(11-9-17)24(32)19-6-4-7-20(14-19)26-27-29-30-28-26/h4,6-14,24,32-33H,3,5,15H2,1-2H3,(H,27,28,29,30)/t24-/m0/s1. The summed E-state index contributed by atoms with van der Waals surface area (Å²) in [6.07, 6.45) is 0.817. The lowest BCUT2D eigenvalue weighted by atomic mass is 9.99. The summed E-state index contributed by atoms with van der Waals surface area (Å²) in [6, 6.07) is 18.9. The molecule has 1 atom stereocenters. The zero-order valence-electron chi connectivity index (χ0n) is 19.0. The minimum absolute atomic E-state index is 0.0983. The number of nitrogens with one attached hydrogen (secondary N) is 1. The Morgan fingerprint density at radius 2 is 1.88 bits per heavy atom. The maximum absolute atomic E-state index is 11.8. The fraction of sp³-hybridized carbons (Fsp3) is 0.231. The van der Waals surface area contributed by atoms with Crippen molar-refractivity contribution in [3.8, 4) is 17.1 Å². The van der Waals surface area contributed by atoms with E-state index in [0.29, 0.717) is 23.6 Å². The number of aromatic hydroxyl groups is 1. The summed E-state index contributed by atoms with van der Waals surface area (Å²) in [5.41, 5.74) is 4.64. The molecule has 0 fully saturated rings. The number of carbonyl (C=O) groups is 1. The molecule has 0 bridgehead atoms. The van der Waals surface area contributed by atoms with E-state index in [1.165, 1.54) is 6.92 Å². The first kappa shape index (κ1) is 23.7. The van der Waals surface area contributed by atoms with Crippen molar-refractivity contribution in [2.24, 2.45) is 0 Å². The van der Waals surface area contributed by atoms with Gasteiger partial charge in [0.25, 0.3) is 0 Å². The number of hydrogen-bond acceptors (Lipinski definition) is 7. The molecular formula is C26H26N4O3S. The number of aliphatic hydroxyl groups excluding tert-OH is 1. The topological polar surface area (TPSA) is 112 Å². The monoisotopic (exact) mass is 474 g/mol. The van der Waals surface area contributed by atoms with Gasteiger partial charge in [0, 0.05) is 21.8 Å². The lowest BCUT2D eigenvalue weighted by Gasteiger charge is -2.14. The minimum Gasteiger partial charge on any atom is -0.507 e. The van der Waals surface area contributed by atoms with Gasteiger partial charge in [0.15, 0.2) is 11.6 Å². The molecule has 3 N–H and O–H groups in total. The molecule has 0 aliphatic carbocycles. The first-order chi connectivity index (χ1) is 16.5. The average molecular weight is 475 g/mol. The number of aliphatic hydroxyl groups is 1. The third-order valence-corrected chi connectivity index (χ3v) is 6.80. The van der Waals surface area contributed by atoms with Gasteiger partial charge in [0.2, 0.25) is 0 Å². The van der Waals surface area contributed by atoms with Gasteiger partial charge in [0.05, 0.1) is 5.56 Å². The predicted molar refractivity (Wildman–Crippen MR) is 132 cm³/mol. The largest absolute Gasteiger partial charge is 0.507 e. The molecule has 34 heavy (non-hydrogen) atoms. The highest BCUT2D eigenvalue weighted by Crippen LogP contribution is 2.35. The molecule has 0 aliphatic rings. The zero-order valence-corrected chi connectivity index (χ0v) is 19.8. The lowest BCUT2D eigenvalue weighted by molar-refractivity contribution is 0.101. The molecule has 0 saturated heterocycles. The number of tetrazole rings is 1. The van der Waals surface area contributed by atoms with E-state index in [9.17, 15) is 15.0 Å².